The second-order valence-corrected chi connectivity index (χ2v) is 6.96. The van der Waals surface area contributed by atoms with E-state index in [2.05, 4.69) is 17.2 Å². The van der Waals surface area contributed by atoms with Crippen molar-refractivity contribution in [2.45, 2.75) is 39.0 Å². The average Bonchev–Trinajstić information content (AvgIpc) is 2.56. The summed E-state index contributed by atoms with van der Waals surface area (Å²) in [6.45, 7) is 2.94. The fourth-order valence-electron chi connectivity index (χ4n) is 3.09. The molecule has 0 atom stereocenters. The fourth-order valence-corrected chi connectivity index (χ4v) is 3.09. The molecule has 2 aromatic rings. The van der Waals surface area contributed by atoms with E-state index < -0.39 is 5.97 Å². The third-order valence-electron chi connectivity index (χ3n) is 5.01. The maximum Gasteiger partial charge on any atom is 0.336 e. The highest BCUT2D eigenvalue weighted by Gasteiger charge is 2.25. The van der Waals surface area contributed by atoms with Gasteiger partial charge < -0.3 is 15.3 Å². The molecule has 0 bridgehead atoms. The minimum absolute atomic E-state index is 0.0105. The number of carbonyl (C=O) groups excluding carboxylic acids is 1. The lowest BCUT2D eigenvalue weighted by atomic mass is 9.85. The Morgan fingerprint density at radius 1 is 1.31 bits per heavy atom. The van der Waals surface area contributed by atoms with Gasteiger partial charge in [-0.3, -0.25) is 4.79 Å². The summed E-state index contributed by atoms with van der Waals surface area (Å²) in [5, 5.41) is 13.1. The number of pyridine rings is 1. The molecular weight excluding hydrogens is 330 g/mol. The molecule has 2 N–H and O–H groups in total. The zero-order valence-electron chi connectivity index (χ0n) is 15.3. The molecule has 0 saturated heterocycles. The molecule has 0 unspecified atom stereocenters. The highest BCUT2D eigenvalue weighted by molar-refractivity contribution is 6.05. The summed E-state index contributed by atoms with van der Waals surface area (Å²) in [6, 6.07) is 6.87. The van der Waals surface area contributed by atoms with Crippen LogP contribution in [0.2, 0.25) is 0 Å². The molecular formula is C20H25N3O3. The number of carbonyl (C=O) groups is 2. The summed E-state index contributed by atoms with van der Waals surface area (Å²) in [4.78, 5) is 30.5. The monoisotopic (exact) mass is 355 g/mol. The Balaban J connectivity index is 1.93. The summed E-state index contributed by atoms with van der Waals surface area (Å²) in [5.74, 6) is -0.256. The topological polar surface area (TPSA) is 82.5 Å². The predicted octanol–water partition coefficient (Wildman–Crippen LogP) is 3.91. The Hall–Kier alpha value is -2.63. The summed E-state index contributed by atoms with van der Waals surface area (Å²) < 4.78 is 0. The van der Waals surface area contributed by atoms with Crippen LogP contribution in [0.25, 0.3) is 10.9 Å². The molecule has 138 valence electrons. The van der Waals surface area contributed by atoms with Gasteiger partial charge in [0, 0.05) is 30.6 Å². The van der Waals surface area contributed by atoms with Gasteiger partial charge in [-0.05, 0) is 43.5 Å². The van der Waals surface area contributed by atoms with Gasteiger partial charge in [0.15, 0.2) is 0 Å². The van der Waals surface area contributed by atoms with E-state index in [9.17, 15) is 14.7 Å². The molecule has 26 heavy (non-hydrogen) atoms. The SMILES string of the molecule is CCCCN(C)c1cc(C(=O)O)c2cc(NC(=O)C3CCC3)ccc2n1. The molecule has 1 amide bonds. The van der Waals surface area contributed by atoms with E-state index in [0.29, 0.717) is 22.4 Å². The molecule has 1 aromatic carbocycles. The Morgan fingerprint density at radius 3 is 2.69 bits per heavy atom. The first-order chi connectivity index (χ1) is 12.5. The Bertz CT molecular complexity index is 830. The van der Waals surface area contributed by atoms with Crippen LogP contribution < -0.4 is 10.2 Å². The molecule has 1 heterocycles. The van der Waals surface area contributed by atoms with Crippen LogP contribution >= 0.6 is 0 Å². The number of hydrogen-bond acceptors (Lipinski definition) is 4. The number of unbranched alkanes of at least 4 members (excludes halogenated alkanes) is 1. The molecule has 1 aliphatic rings. The lowest BCUT2D eigenvalue weighted by molar-refractivity contribution is -0.122. The predicted molar refractivity (Wildman–Crippen MR) is 103 cm³/mol. The Morgan fingerprint density at radius 2 is 2.08 bits per heavy atom. The molecule has 0 aliphatic heterocycles. The molecule has 6 heteroatoms. The molecule has 1 aliphatic carbocycles. The number of amides is 1. The van der Waals surface area contributed by atoms with E-state index in [-0.39, 0.29) is 17.4 Å². The van der Waals surface area contributed by atoms with Gasteiger partial charge in [0.2, 0.25) is 5.91 Å². The normalized spacial score (nSPS) is 14.1. The van der Waals surface area contributed by atoms with Crippen molar-refractivity contribution in [3.8, 4) is 0 Å². The van der Waals surface area contributed by atoms with Crippen LogP contribution in [0.1, 0.15) is 49.4 Å². The highest BCUT2D eigenvalue weighted by Crippen LogP contribution is 2.29. The number of nitrogens with one attached hydrogen (secondary N) is 1. The van der Waals surface area contributed by atoms with E-state index in [0.717, 1.165) is 38.6 Å². The van der Waals surface area contributed by atoms with Crippen LogP contribution in [0.3, 0.4) is 0 Å². The summed E-state index contributed by atoms with van der Waals surface area (Å²) in [5.41, 5.74) is 1.43. The molecule has 6 nitrogen and oxygen atoms in total. The van der Waals surface area contributed by atoms with Gasteiger partial charge in [-0.25, -0.2) is 9.78 Å². The van der Waals surface area contributed by atoms with Crippen molar-refractivity contribution in [1.29, 1.82) is 0 Å². The van der Waals surface area contributed by atoms with Gasteiger partial charge in [0.25, 0.3) is 0 Å². The maximum atomic E-state index is 12.1. The van der Waals surface area contributed by atoms with Crippen LogP contribution in [-0.2, 0) is 4.79 Å². The van der Waals surface area contributed by atoms with Gasteiger partial charge >= 0.3 is 5.97 Å². The zero-order chi connectivity index (χ0) is 18.7. The third-order valence-corrected chi connectivity index (χ3v) is 5.01. The van der Waals surface area contributed by atoms with E-state index in [1.165, 1.54) is 0 Å². The number of nitrogens with zero attached hydrogens (tertiary/aromatic N) is 2. The third kappa shape index (κ3) is 3.79. The number of fused-ring (bicyclic) bond motifs is 1. The number of carboxylic acids is 1. The van der Waals surface area contributed by atoms with Crippen molar-refractivity contribution in [2.24, 2.45) is 5.92 Å². The van der Waals surface area contributed by atoms with Crippen LogP contribution in [0.5, 0.6) is 0 Å². The average molecular weight is 355 g/mol. The van der Waals surface area contributed by atoms with Gasteiger partial charge in [0.1, 0.15) is 5.82 Å². The number of benzene rings is 1. The van der Waals surface area contributed by atoms with Crippen molar-refractivity contribution in [2.75, 3.05) is 23.8 Å². The minimum atomic E-state index is -0.995. The van der Waals surface area contributed by atoms with E-state index >= 15 is 0 Å². The fraction of sp³-hybridized carbons (Fsp3) is 0.450. The van der Waals surface area contributed by atoms with Gasteiger partial charge in [0.05, 0.1) is 11.1 Å². The maximum absolute atomic E-state index is 12.1. The summed E-state index contributed by atoms with van der Waals surface area (Å²) in [6.07, 6.45) is 5.03. The smallest absolute Gasteiger partial charge is 0.336 e. The first-order valence-corrected chi connectivity index (χ1v) is 9.19. The van der Waals surface area contributed by atoms with Crippen LogP contribution in [0.15, 0.2) is 24.3 Å². The first-order valence-electron chi connectivity index (χ1n) is 9.19. The number of rotatable bonds is 7. The molecule has 1 saturated carbocycles. The van der Waals surface area contributed by atoms with E-state index in [1.54, 1.807) is 24.3 Å². The lowest BCUT2D eigenvalue weighted by Crippen LogP contribution is -2.28. The lowest BCUT2D eigenvalue weighted by Gasteiger charge is -2.24. The molecule has 1 fully saturated rings. The second kappa shape index (κ2) is 7.72. The quantitative estimate of drug-likeness (QED) is 0.787. The van der Waals surface area contributed by atoms with E-state index in [1.807, 2.05) is 11.9 Å². The van der Waals surface area contributed by atoms with Crippen LogP contribution in [-0.4, -0.2) is 35.6 Å². The van der Waals surface area contributed by atoms with Crippen molar-refractivity contribution in [3.63, 3.8) is 0 Å². The van der Waals surface area contributed by atoms with Crippen molar-refractivity contribution >= 4 is 34.3 Å². The molecule has 0 radical (unpaired) electrons. The number of carboxylic acid groups (broad SMARTS) is 1. The van der Waals surface area contributed by atoms with Crippen molar-refractivity contribution < 1.29 is 14.7 Å². The van der Waals surface area contributed by atoms with Gasteiger partial charge in [-0.1, -0.05) is 19.8 Å². The molecule has 0 spiro atoms. The van der Waals surface area contributed by atoms with Crippen LogP contribution in [0.4, 0.5) is 11.5 Å². The number of hydrogen-bond donors (Lipinski definition) is 2. The number of aromatic carboxylic acids is 1. The van der Waals surface area contributed by atoms with Gasteiger partial charge in [-0.2, -0.15) is 0 Å². The standard InChI is InChI=1S/C20H25N3O3/c1-3-4-10-23(2)18-12-16(20(25)26)15-11-14(8-9-17(15)22-18)21-19(24)13-6-5-7-13/h8-9,11-13H,3-7,10H2,1-2H3,(H,21,24)(H,25,26). The van der Waals surface area contributed by atoms with Crippen molar-refractivity contribution in [3.05, 3.63) is 29.8 Å². The Labute approximate surface area is 153 Å². The minimum Gasteiger partial charge on any atom is -0.478 e. The van der Waals surface area contributed by atoms with E-state index in [4.69, 9.17) is 0 Å². The van der Waals surface area contributed by atoms with Gasteiger partial charge in [-0.15, -0.1) is 0 Å². The molecule has 1 aromatic heterocycles. The summed E-state index contributed by atoms with van der Waals surface area (Å²) >= 11 is 0. The zero-order valence-corrected chi connectivity index (χ0v) is 15.3. The summed E-state index contributed by atoms with van der Waals surface area (Å²) in [7, 11) is 1.92. The Kier molecular flexibility index (Phi) is 5.40. The van der Waals surface area contributed by atoms with Crippen LogP contribution in [0, 0.1) is 5.92 Å². The largest absolute Gasteiger partial charge is 0.478 e. The molecule has 3 rings (SSSR count). The number of aromatic nitrogens is 1. The van der Waals surface area contributed by atoms with Crippen molar-refractivity contribution in [1.82, 2.24) is 4.98 Å². The second-order valence-electron chi connectivity index (χ2n) is 6.96. The highest BCUT2D eigenvalue weighted by atomic mass is 16.4. The first kappa shape index (κ1) is 18.2. The number of anilines is 2.